The standard InChI is InChI=1S/C20H22ClN3O2/c1-2-7-20(25)22-14-19-23-16-9-4-5-10-17(16)24(19)12-13-26-18-11-6-3-8-15(18)21/h3-6,8-11H,2,7,12-14H2,1H3,(H,22,25). The Morgan fingerprint density at radius 3 is 2.77 bits per heavy atom. The number of carbonyl (C=O) groups is 1. The lowest BCUT2D eigenvalue weighted by Gasteiger charge is -2.12. The Morgan fingerprint density at radius 2 is 1.96 bits per heavy atom. The molecule has 3 rings (SSSR count). The second kappa shape index (κ2) is 8.72. The van der Waals surface area contributed by atoms with Gasteiger partial charge in [0.25, 0.3) is 0 Å². The number of nitrogens with one attached hydrogen (secondary N) is 1. The van der Waals surface area contributed by atoms with Crippen LogP contribution in [0.4, 0.5) is 0 Å². The van der Waals surface area contributed by atoms with Crippen LogP contribution in [0, 0.1) is 0 Å². The van der Waals surface area contributed by atoms with Gasteiger partial charge in [-0.1, -0.05) is 42.8 Å². The van der Waals surface area contributed by atoms with Gasteiger partial charge in [0, 0.05) is 6.42 Å². The molecule has 0 radical (unpaired) electrons. The third-order valence-corrected chi connectivity index (χ3v) is 4.38. The minimum Gasteiger partial charge on any atom is -0.490 e. The van der Waals surface area contributed by atoms with Crippen LogP contribution in [0.1, 0.15) is 25.6 Å². The SMILES string of the molecule is CCCC(=O)NCc1nc2ccccc2n1CCOc1ccccc1Cl. The number of nitrogens with zero attached hydrogens (tertiary/aromatic N) is 2. The van der Waals surface area contributed by atoms with Gasteiger partial charge in [0.2, 0.25) is 5.91 Å². The predicted octanol–water partition coefficient (Wildman–Crippen LogP) is 4.19. The lowest BCUT2D eigenvalue weighted by atomic mass is 10.3. The van der Waals surface area contributed by atoms with Gasteiger partial charge in [0.05, 0.1) is 29.1 Å². The third-order valence-electron chi connectivity index (χ3n) is 4.06. The molecule has 0 fully saturated rings. The average molecular weight is 372 g/mol. The Kier molecular flexibility index (Phi) is 6.12. The van der Waals surface area contributed by atoms with Crippen LogP contribution < -0.4 is 10.1 Å². The van der Waals surface area contributed by atoms with Gasteiger partial charge >= 0.3 is 0 Å². The lowest BCUT2D eigenvalue weighted by molar-refractivity contribution is -0.121. The summed E-state index contributed by atoms with van der Waals surface area (Å²) in [4.78, 5) is 16.4. The van der Waals surface area contributed by atoms with Crippen molar-refractivity contribution in [2.24, 2.45) is 0 Å². The summed E-state index contributed by atoms with van der Waals surface area (Å²) >= 11 is 6.13. The molecule has 26 heavy (non-hydrogen) atoms. The van der Waals surface area contributed by atoms with Crippen molar-refractivity contribution in [3.05, 3.63) is 59.4 Å². The molecule has 0 saturated heterocycles. The van der Waals surface area contributed by atoms with Crippen LogP contribution in [0.2, 0.25) is 5.02 Å². The number of imidazole rings is 1. The molecule has 0 saturated carbocycles. The molecule has 1 amide bonds. The fourth-order valence-corrected chi connectivity index (χ4v) is 3.00. The summed E-state index contributed by atoms with van der Waals surface area (Å²) in [7, 11) is 0. The van der Waals surface area contributed by atoms with E-state index in [0.717, 1.165) is 23.3 Å². The molecule has 0 unspecified atom stereocenters. The van der Waals surface area contributed by atoms with E-state index in [-0.39, 0.29) is 5.91 Å². The van der Waals surface area contributed by atoms with Gasteiger partial charge in [-0.25, -0.2) is 4.98 Å². The van der Waals surface area contributed by atoms with Gasteiger partial charge in [0.1, 0.15) is 18.2 Å². The van der Waals surface area contributed by atoms with Crippen LogP contribution in [0.5, 0.6) is 5.75 Å². The van der Waals surface area contributed by atoms with E-state index in [1.165, 1.54) is 0 Å². The number of ether oxygens (including phenoxy) is 1. The van der Waals surface area contributed by atoms with E-state index in [0.29, 0.717) is 36.9 Å². The summed E-state index contributed by atoms with van der Waals surface area (Å²) in [6.45, 7) is 3.46. The van der Waals surface area contributed by atoms with Gasteiger partial charge < -0.3 is 14.6 Å². The summed E-state index contributed by atoms with van der Waals surface area (Å²) in [5, 5.41) is 3.53. The van der Waals surface area contributed by atoms with E-state index in [2.05, 4.69) is 14.9 Å². The first kappa shape index (κ1) is 18.3. The first-order valence-corrected chi connectivity index (χ1v) is 9.15. The number of hydrogen-bond donors (Lipinski definition) is 1. The summed E-state index contributed by atoms with van der Waals surface area (Å²) in [6.07, 6.45) is 1.35. The van der Waals surface area contributed by atoms with Crippen molar-refractivity contribution in [1.29, 1.82) is 0 Å². The highest BCUT2D eigenvalue weighted by Crippen LogP contribution is 2.23. The number of amides is 1. The van der Waals surface area contributed by atoms with Crippen molar-refractivity contribution in [1.82, 2.24) is 14.9 Å². The molecular formula is C20H22ClN3O2. The molecule has 1 heterocycles. The van der Waals surface area contributed by atoms with Gasteiger partial charge in [-0.15, -0.1) is 0 Å². The maximum atomic E-state index is 11.8. The smallest absolute Gasteiger partial charge is 0.220 e. The van der Waals surface area contributed by atoms with Gasteiger partial charge in [-0.2, -0.15) is 0 Å². The molecule has 136 valence electrons. The van der Waals surface area contributed by atoms with E-state index >= 15 is 0 Å². The number of fused-ring (bicyclic) bond motifs is 1. The highest BCUT2D eigenvalue weighted by molar-refractivity contribution is 6.32. The molecule has 1 N–H and O–H groups in total. The van der Waals surface area contributed by atoms with Crippen molar-refractivity contribution in [2.45, 2.75) is 32.9 Å². The minimum absolute atomic E-state index is 0.0402. The summed E-state index contributed by atoms with van der Waals surface area (Å²) < 4.78 is 7.89. The first-order valence-electron chi connectivity index (χ1n) is 8.77. The van der Waals surface area contributed by atoms with Crippen LogP contribution in [0.3, 0.4) is 0 Å². The topological polar surface area (TPSA) is 56.2 Å². The Morgan fingerprint density at radius 1 is 1.19 bits per heavy atom. The second-order valence-corrected chi connectivity index (χ2v) is 6.38. The van der Waals surface area contributed by atoms with Crippen molar-refractivity contribution in [3.63, 3.8) is 0 Å². The second-order valence-electron chi connectivity index (χ2n) is 5.97. The van der Waals surface area contributed by atoms with Crippen LogP contribution in [0.15, 0.2) is 48.5 Å². The largest absolute Gasteiger partial charge is 0.490 e. The number of rotatable bonds is 8. The van der Waals surface area contributed by atoms with Gasteiger partial charge in [-0.3, -0.25) is 4.79 Å². The number of aromatic nitrogens is 2. The van der Waals surface area contributed by atoms with E-state index < -0.39 is 0 Å². The molecule has 0 aliphatic carbocycles. The maximum absolute atomic E-state index is 11.8. The highest BCUT2D eigenvalue weighted by Gasteiger charge is 2.12. The van der Waals surface area contributed by atoms with E-state index in [4.69, 9.17) is 16.3 Å². The molecule has 1 aromatic heterocycles. The van der Waals surface area contributed by atoms with Crippen LogP contribution in [-0.2, 0) is 17.9 Å². The lowest BCUT2D eigenvalue weighted by Crippen LogP contribution is -2.24. The zero-order chi connectivity index (χ0) is 18.4. The summed E-state index contributed by atoms with van der Waals surface area (Å²) in [6, 6.07) is 15.3. The van der Waals surface area contributed by atoms with Crippen LogP contribution in [-0.4, -0.2) is 22.1 Å². The Balaban J connectivity index is 1.73. The molecule has 5 nitrogen and oxygen atoms in total. The number of para-hydroxylation sites is 3. The zero-order valence-electron chi connectivity index (χ0n) is 14.7. The quantitative estimate of drug-likeness (QED) is 0.646. The van der Waals surface area contributed by atoms with E-state index in [1.807, 2.05) is 49.4 Å². The van der Waals surface area contributed by atoms with Crippen molar-refractivity contribution < 1.29 is 9.53 Å². The minimum atomic E-state index is 0.0402. The Labute approximate surface area is 157 Å². The molecular weight excluding hydrogens is 350 g/mol. The van der Waals surface area contributed by atoms with Crippen molar-refractivity contribution in [2.75, 3.05) is 6.61 Å². The molecule has 0 spiro atoms. The van der Waals surface area contributed by atoms with E-state index in [1.54, 1.807) is 6.07 Å². The Hall–Kier alpha value is -2.53. The van der Waals surface area contributed by atoms with Crippen molar-refractivity contribution in [3.8, 4) is 5.75 Å². The van der Waals surface area contributed by atoms with Gasteiger partial charge in [-0.05, 0) is 30.7 Å². The highest BCUT2D eigenvalue weighted by atomic mass is 35.5. The number of benzene rings is 2. The monoisotopic (exact) mass is 371 g/mol. The first-order chi connectivity index (χ1) is 12.7. The third kappa shape index (κ3) is 4.35. The maximum Gasteiger partial charge on any atom is 0.220 e. The predicted molar refractivity (Wildman–Crippen MR) is 103 cm³/mol. The van der Waals surface area contributed by atoms with Crippen molar-refractivity contribution >= 4 is 28.5 Å². The van der Waals surface area contributed by atoms with Crippen LogP contribution in [0.25, 0.3) is 11.0 Å². The van der Waals surface area contributed by atoms with E-state index in [9.17, 15) is 4.79 Å². The number of carbonyl (C=O) groups excluding carboxylic acids is 1. The average Bonchev–Trinajstić information content (AvgIpc) is 3.00. The molecule has 0 bridgehead atoms. The zero-order valence-corrected chi connectivity index (χ0v) is 15.5. The number of hydrogen-bond acceptors (Lipinski definition) is 3. The normalized spacial score (nSPS) is 10.8. The van der Waals surface area contributed by atoms with Gasteiger partial charge in [0.15, 0.2) is 0 Å². The molecule has 6 heteroatoms. The molecule has 3 aromatic rings. The fourth-order valence-electron chi connectivity index (χ4n) is 2.81. The molecule has 2 aromatic carbocycles. The number of halogens is 1. The summed E-state index contributed by atoms with van der Waals surface area (Å²) in [5.74, 6) is 1.52. The Bertz CT molecular complexity index is 892. The molecule has 0 aliphatic rings. The molecule has 0 atom stereocenters. The summed E-state index contributed by atoms with van der Waals surface area (Å²) in [5.41, 5.74) is 1.93. The van der Waals surface area contributed by atoms with Crippen LogP contribution >= 0.6 is 11.6 Å². The molecule has 0 aliphatic heterocycles. The fraction of sp³-hybridized carbons (Fsp3) is 0.300.